The van der Waals surface area contributed by atoms with Crippen LogP contribution in [0, 0.1) is 0 Å². The molecule has 4 nitrogen and oxygen atoms in total. The van der Waals surface area contributed by atoms with Crippen LogP contribution in [0.1, 0.15) is 17.9 Å². The molecule has 0 radical (unpaired) electrons. The van der Waals surface area contributed by atoms with Gasteiger partial charge in [0, 0.05) is 12.2 Å². The van der Waals surface area contributed by atoms with Crippen molar-refractivity contribution in [2.24, 2.45) is 0 Å². The van der Waals surface area contributed by atoms with Crippen LogP contribution in [-0.2, 0) is 4.79 Å². The summed E-state index contributed by atoms with van der Waals surface area (Å²) in [5, 5.41) is 6.50. The Kier molecular flexibility index (Phi) is 3.56. The molecule has 5 heteroatoms. The van der Waals surface area contributed by atoms with Crippen molar-refractivity contribution in [1.82, 2.24) is 4.98 Å². The fourth-order valence-electron chi connectivity index (χ4n) is 2.43. The zero-order valence-electron chi connectivity index (χ0n) is 10.8. The van der Waals surface area contributed by atoms with Crippen molar-refractivity contribution >= 4 is 29.0 Å². The third-order valence-electron chi connectivity index (χ3n) is 3.37. The second kappa shape index (κ2) is 5.51. The number of halogens is 1. The first-order chi connectivity index (χ1) is 9.74. The molecule has 0 fully saturated rings. The maximum absolute atomic E-state index is 12.4. The van der Waals surface area contributed by atoms with E-state index in [4.69, 9.17) is 11.6 Å². The van der Waals surface area contributed by atoms with Crippen LogP contribution in [0.4, 0.5) is 11.5 Å². The second-order valence-electron chi connectivity index (χ2n) is 4.69. The smallest absolute Gasteiger partial charge is 0.233 e. The van der Waals surface area contributed by atoms with Gasteiger partial charge in [0.1, 0.15) is 11.0 Å². The Labute approximate surface area is 122 Å². The summed E-state index contributed by atoms with van der Waals surface area (Å²) in [6.07, 6.45) is 0.767. The number of hydrogen-bond donors (Lipinski definition) is 2. The van der Waals surface area contributed by atoms with Crippen molar-refractivity contribution < 1.29 is 4.79 Å². The Morgan fingerprint density at radius 3 is 2.95 bits per heavy atom. The molecule has 1 aliphatic rings. The largest absolute Gasteiger partial charge is 0.385 e. The molecule has 2 heterocycles. The van der Waals surface area contributed by atoms with Crippen LogP contribution in [0.2, 0.25) is 5.15 Å². The van der Waals surface area contributed by atoms with E-state index < -0.39 is 0 Å². The Morgan fingerprint density at radius 2 is 2.10 bits per heavy atom. The fraction of sp³-hybridized carbons (Fsp3) is 0.200. The van der Waals surface area contributed by atoms with E-state index >= 15 is 0 Å². The lowest BCUT2D eigenvalue weighted by Gasteiger charge is -2.25. The van der Waals surface area contributed by atoms with Crippen LogP contribution in [0.5, 0.6) is 0 Å². The summed E-state index contributed by atoms with van der Waals surface area (Å²) >= 11 is 5.82. The van der Waals surface area contributed by atoms with Gasteiger partial charge in [0.2, 0.25) is 5.91 Å². The number of fused-ring (bicyclic) bond motifs is 1. The molecule has 2 aromatic rings. The van der Waals surface area contributed by atoms with Crippen LogP contribution in [-0.4, -0.2) is 17.4 Å². The van der Waals surface area contributed by atoms with Gasteiger partial charge in [0.25, 0.3) is 0 Å². The number of nitrogens with one attached hydrogen (secondary N) is 2. The Hall–Kier alpha value is -2.07. The van der Waals surface area contributed by atoms with Crippen molar-refractivity contribution in [2.45, 2.75) is 12.3 Å². The lowest BCUT2D eigenvalue weighted by molar-refractivity contribution is -0.117. The number of rotatable bonds is 2. The molecule has 0 saturated heterocycles. The molecule has 1 aromatic heterocycles. The average Bonchev–Trinajstić information content (AvgIpc) is 2.46. The van der Waals surface area contributed by atoms with E-state index in [0.717, 1.165) is 24.2 Å². The Bertz CT molecular complexity index is 645. The molecule has 1 amide bonds. The van der Waals surface area contributed by atoms with Gasteiger partial charge >= 0.3 is 0 Å². The molecule has 0 spiro atoms. The highest BCUT2D eigenvalue weighted by molar-refractivity contribution is 6.29. The molecule has 0 bridgehead atoms. The summed E-state index contributed by atoms with van der Waals surface area (Å²) in [4.78, 5) is 16.5. The molecule has 1 aliphatic heterocycles. The lowest BCUT2D eigenvalue weighted by atomic mass is 9.90. The first-order valence-corrected chi connectivity index (χ1v) is 6.88. The maximum Gasteiger partial charge on any atom is 0.233 e. The summed E-state index contributed by atoms with van der Waals surface area (Å²) in [5.41, 5.74) is 2.05. The highest BCUT2D eigenvalue weighted by Gasteiger charge is 2.26. The molecule has 1 aromatic carbocycles. The van der Waals surface area contributed by atoms with Gasteiger partial charge in [-0.25, -0.2) is 4.98 Å². The van der Waals surface area contributed by atoms with Crippen molar-refractivity contribution in [3.63, 3.8) is 0 Å². The van der Waals surface area contributed by atoms with Crippen LogP contribution in [0.25, 0.3) is 0 Å². The quantitative estimate of drug-likeness (QED) is 0.834. The summed E-state index contributed by atoms with van der Waals surface area (Å²) in [6.45, 7) is 0.790. The van der Waals surface area contributed by atoms with E-state index in [-0.39, 0.29) is 11.8 Å². The van der Waals surface area contributed by atoms with E-state index in [0.29, 0.717) is 11.0 Å². The summed E-state index contributed by atoms with van der Waals surface area (Å²) in [7, 11) is 0. The predicted octanol–water partition coefficient (Wildman–Crippen LogP) is 3.27. The zero-order valence-corrected chi connectivity index (χ0v) is 11.5. The molecule has 2 N–H and O–H groups in total. The second-order valence-corrected chi connectivity index (χ2v) is 5.08. The lowest BCUT2D eigenvalue weighted by Crippen LogP contribution is -2.27. The van der Waals surface area contributed by atoms with Gasteiger partial charge < -0.3 is 10.6 Å². The molecule has 0 aliphatic carbocycles. The number of aromatic nitrogens is 1. The number of anilines is 2. The molecular weight excluding hydrogens is 274 g/mol. The molecule has 1 unspecified atom stereocenters. The summed E-state index contributed by atoms with van der Waals surface area (Å²) < 4.78 is 0. The van der Waals surface area contributed by atoms with Crippen molar-refractivity contribution in [1.29, 1.82) is 0 Å². The minimum Gasteiger partial charge on any atom is -0.385 e. The third kappa shape index (κ3) is 2.60. The minimum atomic E-state index is -0.159. The van der Waals surface area contributed by atoms with E-state index in [9.17, 15) is 4.79 Å². The van der Waals surface area contributed by atoms with Gasteiger partial charge in [-0.2, -0.15) is 0 Å². The first-order valence-electron chi connectivity index (χ1n) is 6.50. The first kappa shape index (κ1) is 12.9. The summed E-state index contributed by atoms with van der Waals surface area (Å²) in [6, 6.07) is 13.1. The van der Waals surface area contributed by atoms with Crippen LogP contribution >= 0.6 is 11.6 Å². The van der Waals surface area contributed by atoms with Gasteiger partial charge in [0.15, 0.2) is 0 Å². The zero-order chi connectivity index (χ0) is 13.9. The van der Waals surface area contributed by atoms with Crippen LogP contribution < -0.4 is 10.6 Å². The van der Waals surface area contributed by atoms with Gasteiger partial charge in [0.05, 0.1) is 5.92 Å². The van der Waals surface area contributed by atoms with Gasteiger partial charge in [-0.15, -0.1) is 0 Å². The normalized spacial score (nSPS) is 16.9. The molecular formula is C15H14ClN3O. The Morgan fingerprint density at radius 1 is 1.25 bits per heavy atom. The van der Waals surface area contributed by atoms with E-state index in [1.807, 2.05) is 24.3 Å². The molecule has 20 heavy (non-hydrogen) atoms. The van der Waals surface area contributed by atoms with Crippen LogP contribution in [0.15, 0.2) is 42.5 Å². The van der Waals surface area contributed by atoms with Gasteiger partial charge in [-0.05, 0) is 30.2 Å². The minimum absolute atomic E-state index is 0.0475. The molecule has 1 atom stereocenters. The van der Waals surface area contributed by atoms with Crippen molar-refractivity contribution in [3.05, 3.63) is 53.2 Å². The molecule has 3 rings (SSSR count). The number of carbonyl (C=O) groups is 1. The van der Waals surface area contributed by atoms with E-state index in [2.05, 4.69) is 15.6 Å². The third-order valence-corrected chi connectivity index (χ3v) is 3.58. The van der Waals surface area contributed by atoms with Crippen LogP contribution in [0.3, 0.4) is 0 Å². The van der Waals surface area contributed by atoms with Gasteiger partial charge in [-0.1, -0.05) is 35.9 Å². The number of nitrogens with zero attached hydrogens (tertiary/aromatic N) is 1. The molecule has 0 saturated carbocycles. The fourth-order valence-corrected chi connectivity index (χ4v) is 2.60. The SMILES string of the molecule is O=C(Nc1cccc(Cl)n1)C1CCNc2ccccc21. The topological polar surface area (TPSA) is 54.0 Å². The van der Waals surface area contributed by atoms with Crippen molar-refractivity contribution in [2.75, 3.05) is 17.2 Å². The monoisotopic (exact) mass is 287 g/mol. The molecule has 102 valence electrons. The predicted molar refractivity (Wildman–Crippen MR) is 80.2 cm³/mol. The van der Waals surface area contributed by atoms with Gasteiger partial charge in [-0.3, -0.25) is 4.79 Å². The van der Waals surface area contributed by atoms with E-state index in [1.54, 1.807) is 18.2 Å². The number of hydrogen-bond acceptors (Lipinski definition) is 3. The Balaban J connectivity index is 1.82. The maximum atomic E-state index is 12.4. The average molecular weight is 288 g/mol. The number of carbonyl (C=O) groups excluding carboxylic acids is 1. The number of pyridine rings is 1. The highest BCUT2D eigenvalue weighted by atomic mass is 35.5. The van der Waals surface area contributed by atoms with E-state index in [1.165, 1.54) is 0 Å². The standard InChI is InChI=1S/C15H14ClN3O/c16-13-6-3-7-14(18-13)19-15(20)11-8-9-17-12-5-2-1-4-10(11)12/h1-7,11,17H,8-9H2,(H,18,19,20). The summed E-state index contributed by atoms with van der Waals surface area (Å²) in [5.74, 6) is 0.278. The number of benzene rings is 1. The number of amides is 1. The van der Waals surface area contributed by atoms with Crippen molar-refractivity contribution in [3.8, 4) is 0 Å². The number of para-hydroxylation sites is 1. The highest BCUT2D eigenvalue weighted by Crippen LogP contribution is 2.32.